The Hall–Kier alpha value is -3.07. The van der Waals surface area contributed by atoms with E-state index in [9.17, 15) is 22.9 Å². The smallest absolute Gasteiger partial charge is 0.243 e. The number of fused-ring (bicyclic) bond motifs is 2. The zero-order valence-corrected chi connectivity index (χ0v) is 26.5. The van der Waals surface area contributed by atoms with Crippen LogP contribution >= 0.6 is 11.3 Å². The first kappa shape index (κ1) is 31.4. The molecule has 8 nitrogen and oxygen atoms in total. The van der Waals surface area contributed by atoms with E-state index in [-0.39, 0.29) is 41.7 Å². The Kier molecular flexibility index (Phi) is 9.69. The number of hydrogen-bond donors (Lipinski definition) is 2. The average molecular weight is 626 g/mol. The maximum absolute atomic E-state index is 14.2. The molecule has 0 unspecified atom stereocenters. The molecule has 3 heterocycles. The number of benzene rings is 2. The molecule has 0 spiro atoms. The molecule has 230 valence electrons. The minimum atomic E-state index is -4.19. The molecule has 1 amide bonds. The van der Waals surface area contributed by atoms with Crippen LogP contribution in [0.3, 0.4) is 0 Å². The first-order valence-electron chi connectivity index (χ1n) is 15.2. The maximum Gasteiger partial charge on any atom is 0.243 e. The highest BCUT2D eigenvalue weighted by molar-refractivity contribution is 7.89. The molecule has 1 fully saturated rings. The van der Waals surface area contributed by atoms with E-state index < -0.39 is 16.1 Å². The van der Waals surface area contributed by atoms with E-state index in [0.29, 0.717) is 61.6 Å². The number of nitrogens with zero attached hydrogens (tertiary/aromatic N) is 3. The molecular formula is C32H40FN5O3S2. The number of carbonyl (C=O) groups excluding carboxylic acids is 1. The Bertz CT molecular complexity index is 1570. The second-order valence-corrected chi connectivity index (χ2v) is 14.7. The lowest BCUT2D eigenvalue weighted by Gasteiger charge is -2.38. The monoisotopic (exact) mass is 625 g/mol. The second-order valence-electron chi connectivity index (χ2n) is 11.9. The summed E-state index contributed by atoms with van der Waals surface area (Å²) in [5.74, 6) is -0.0696. The molecule has 2 aliphatic rings. The topological polar surface area (TPSA) is 115 Å². The number of halogens is 1. The number of sulfonamides is 1. The van der Waals surface area contributed by atoms with Gasteiger partial charge in [0.15, 0.2) is 0 Å². The number of amides is 1. The van der Waals surface area contributed by atoms with Crippen molar-refractivity contribution in [1.82, 2.24) is 14.6 Å². The summed E-state index contributed by atoms with van der Waals surface area (Å²) in [4.78, 5) is 20.4. The number of nitriles is 1. The van der Waals surface area contributed by atoms with E-state index in [1.54, 1.807) is 11.0 Å². The van der Waals surface area contributed by atoms with Gasteiger partial charge in [-0.15, -0.1) is 11.3 Å². The van der Waals surface area contributed by atoms with Gasteiger partial charge in [0.05, 0.1) is 40.1 Å². The van der Waals surface area contributed by atoms with Gasteiger partial charge in [-0.2, -0.15) is 9.98 Å². The molecule has 2 aromatic carbocycles. The van der Waals surface area contributed by atoms with Crippen LogP contribution < -0.4 is 10.0 Å². The standard InChI is InChI=1S/C32H40FN5O3S2/c1-3-32(4-2)20-24-17-23(10-14-34)18-28(30(24)35-21-32)43(40,41)37-26(19-29-36-25-7-5-6-8-27(25)42-29)31(39)38-15-11-22(9-13-33)12-16-38/h5-8,17-18,22,26,35,37H,3-4,9-13,15-16,19-21H2,1-2H3/t26-/m0/s1. The summed E-state index contributed by atoms with van der Waals surface area (Å²) in [5.41, 5.74) is 2.88. The van der Waals surface area contributed by atoms with E-state index in [0.717, 1.165) is 28.6 Å². The lowest BCUT2D eigenvalue weighted by Crippen LogP contribution is -2.51. The highest BCUT2D eigenvalue weighted by Crippen LogP contribution is 2.41. The van der Waals surface area contributed by atoms with Gasteiger partial charge in [0.1, 0.15) is 10.9 Å². The summed E-state index contributed by atoms with van der Waals surface area (Å²) >= 11 is 1.45. The summed E-state index contributed by atoms with van der Waals surface area (Å²) in [7, 11) is -4.19. The largest absolute Gasteiger partial charge is 0.383 e. The van der Waals surface area contributed by atoms with Crippen molar-refractivity contribution in [2.75, 3.05) is 31.6 Å². The number of para-hydroxylation sites is 1. The molecule has 5 rings (SSSR count). The maximum atomic E-state index is 14.2. The van der Waals surface area contributed by atoms with Crippen LogP contribution in [0, 0.1) is 22.7 Å². The van der Waals surface area contributed by atoms with E-state index in [2.05, 4.69) is 34.9 Å². The van der Waals surface area contributed by atoms with Gasteiger partial charge in [0.2, 0.25) is 15.9 Å². The van der Waals surface area contributed by atoms with Gasteiger partial charge < -0.3 is 10.2 Å². The molecule has 0 bridgehead atoms. The van der Waals surface area contributed by atoms with E-state index in [1.165, 1.54) is 11.3 Å². The average Bonchev–Trinajstić information content (AvgIpc) is 3.42. The zero-order chi connectivity index (χ0) is 30.6. The summed E-state index contributed by atoms with van der Waals surface area (Å²) < 4.78 is 45.1. The number of anilines is 1. The van der Waals surface area contributed by atoms with E-state index in [1.807, 2.05) is 30.3 Å². The fraction of sp³-hybridized carbons (Fsp3) is 0.531. The molecule has 1 atom stereocenters. The molecule has 1 aromatic heterocycles. The molecule has 2 aliphatic heterocycles. The fourth-order valence-electron chi connectivity index (χ4n) is 6.40. The van der Waals surface area contributed by atoms with E-state index >= 15 is 0 Å². The van der Waals surface area contributed by atoms with Gasteiger partial charge in [-0.25, -0.2) is 13.4 Å². The van der Waals surface area contributed by atoms with Crippen LogP contribution in [0.5, 0.6) is 0 Å². The molecule has 11 heteroatoms. The van der Waals surface area contributed by atoms with Gasteiger partial charge in [-0.1, -0.05) is 32.0 Å². The number of hydrogen-bond acceptors (Lipinski definition) is 7. The van der Waals surface area contributed by atoms with Crippen LogP contribution in [0.1, 0.15) is 62.1 Å². The molecule has 3 aromatic rings. The number of aromatic nitrogens is 1. The van der Waals surface area contributed by atoms with Crippen molar-refractivity contribution in [3.63, 3.8) is 0 Å². The lowest BCUT2D eigenvalue weighted by atomic mass is 9.74. The Labute approximate surface area is 257 Å². The number of piperidine rings is 1. The fourth-order valence-corrected chi connectivity index (χ4v) is 8.88. The Morgan fingerprint density at radius 2 is 2.00 bits per heavy atom. The number of rotatable bonds is 11. The van der Waals surface area contributed by atoms with Crippen molar-refractivity contribution in [1.29, 1.82) is 5.26 Å². The van der Waals surface area contributed by atoms with Crippen molar-refractivity contribution in [3.05, 3.63) is 52.5 Å². The predicted molar refractivity (Wildman–Crippen MR) is 168 cm³/mol. The first-order chi connectivity index (χ1) is 20.7. The number of alkyl halides is 1. The normalized spacial score (nSPS) is 17.7. The zero-order valence-electron chi connectivity index (χ0n) is 24.9. The number of thiazole rings is 1. The van der Waals surface area contributed by atoms with Crippen LogP contribution in [-0.2, 0) is 34.1 Å². The second kappa shape index (κ2) is 13.3. The summed E-state index contributed by atoms with van der Waals surface area (Å²) in [6.07, 6.45) is 4.68. The summed E-state index contributed by atoms with van der Waals surface area (Å²) in [6, 6.07) is 12.3. The molecule has 0 saturated carbocycles. The summed E-state index contributed by atoms with van der Waals surface area (Å²) in [6.45, 7) is 5.49. The Balaban J connectivity index is 1.48. The number of nitrogens with one attached hydrogen (secondary N) is 2. The van der Waals surface area contributed by atoms with Gasteiger partial charge in [0, 0.05) is 26.1 Å². The van der Waals surface area contributed by atoms with E-state index in [4.69, 9.17) is 0 Å². The van der Waals surface area contributed by atoms with Crippen LogP contribution in [0.2, 0.25) is 0 Å². The number of carbonyl (C=O) groups is 1. The minimum absolute atomic E-state index is 0.00630. The third-order valence-corrected chi connectivity index (χ3v) is 11.8. The molecule has 43 heavy (non-hydrogen) atoms. The molecule has 1 saturated heterocycles. The predicted octanol–water partition coefficient (Wildman–Crippen LogP) is 5.62. The van der Waals surface area contributed by atoms with Crippen molar-refractivity contribution in [3.8, 4) is 6.07 Å². The molecule has 2 N–H and O–H groups in total. The van der Waals surface area contributed by atoms with Gasteiger partial charge in [-0.3, -0.25) is 9.18 Å². The highest BCUT2D eigenvalue weighted by Gasteiger charge is 2.37. The molecule has 0 aliphatic carbocycles. The first-order valence-corrected chi connectivity index (χ1v) is 17.5. The highest BCUT2D eigenvalue weighted by atomic mass is 32.2. The van der Waals surface area contributed by atoms with Gasteiger partial charge >= 0.3 is 0 Å². The molecule has 0 radical (unpaired) electrons. The van der Waals surface area contributed by atoms with Crippen LogP contribution in [0.15, 0.2) is 41.3 Å². The van der Waals surface area contributed by atoms with Crippen LogP contribution in [-0.4, -0.2) is 56.6 Å². The van der Waals surface area contributed by atoms with Crippen molar-refractivity contribution >= 4 is 43.2 Å². The lowest BCUT2D eigenvalue weighted by molar-refractivity contribution is -0.134. The van der Waals surface area contributed by atoms with Crippen molar-refractivity contribution in [2.24, 2.45) is 11.3 Å². The SMILES string of the molecule is CCC1(CC)CNc2c(cc(CC#N)cc2S(=O)(=O)N[C@@H](Cc2nc3ccccc3s2)C(=O)N2CCC(CCF)CC2)C1. The van der Waals surface area contributed by atoms with Crippen LogP contribution in [0.25, 0.3) is 10.2 Å². The quantitative estimate of drug-likeness (QED) is 0.286. The van der Waals surface area contributed by atoms with Gasteiger partial charge in [-0.05, 0) is 79.2 Å². The third kappa shape index (κ3) is 6.87. The van der Waals surface area contributed by atoms with Crippen LogP contribution in [0.4, 0.5) is 10.1 Å². The number of likely N-dealkylation sites (tertiary alicyclic amines) is 1. The van der Waals surface area contributed by atoms with Gasteiger partial charge in [0.25, 0.3) is 0 Å². The van der Waals surface area contributed by atoms with Crippen molar-refractivity contribution < 1.29 is 17.6 Å². The molecular weight excluding hydrogens is 586 g/mol. The minimum Gasteiger partial charge on any atom is -0.383 e. The summed E-state index contributed by atoms with van der Waals surface area (Å²) in [5, 5.41) is 13.5. The van der Waals surface area contributed by atoms with Crippen molar-refractivity contribution in [2.45, 2.75) is 76.2 Å². The third-order valence-electron chi connectivity index (χ3n) is 9.28. The Morgan fingerprint density at radius 3 is 2.67 bits per heavy atom. The Morgan fingerprint density at radius 1 is 1.26 bits per heavy atom.